The number of carbonyl (C=O) groups excluding carboxylic acids is 1. The molecule has 10 heteroatoms. The lowest BCUT2D eigenvalue weighted by molar-refractivity contribution is -0.384. The number of nitrogens with zero attached hydrogens (tertiary/aromatic N) is 2. The molecule has 1 amide bonds. The number of amides is 1. The Labute approximate surface area is 170 Å². The van der Waals surface area contributed by atoms with Crippen LogP contribution in [0.4, 0.5) is 30.2 Å². The van der Waals surface area contributed by atoms with E-state index >= 15 is 0 Å². The van der Waals surface area contributed by atoms with E-state index in [0.717, 1.165) is 17.7 Å². The number of aromatic hydroxyl groups is 1. The average molecular weight is 423 g/mol. The van der Waals surface area contributed by atoms with Gasteiger partial charge in [0.15, 0.2) is 0 Å². The normalized spacial score (nSPS) is 15.1. The van der Waals surface area contributed by atoms with Gasteiger partial charge in [0.2, 0.25) is 5.91 Å². The van der Waals surface area contributed by atoms with Crippen molar-refractivity contribution in [3.8, 4) is 5.75 Å². The molecular formula is C20H20F3N3O4. The molecule has 1 fully saturated rings. The Morgan fingerprint density at radius 3 is 2.43 bits per heavy atom. The summed E-state index contributed by atoms with van der Waals surface area (Å²) in [6, 6.07) is 7.34. The van der Waals surface area contributed by atoms with Gasteiger partial charge in [0.05, 0.1) is 16.2 Å². The number of phenols is 1. The van der Waals surface area contributed by atoms with Crippen molar-refractivity contribution in [2.45, 2.75) is 25.9 Å². The number of nitro groups is 1. The highest BCUT2D eigenvalue weighted by Gasteiger charge is 2.35. The third-order valence-electron chi connectivity index (χ3n) is 5.12. The van der Waals surface area contributed by atoms with Crippen LogP contribution in [0.25, 0.3) is 0 Å². The van der Waals surface area contributed by atoms with Gasteiger partial charge in [-0.05, 0) is 49.6 Å². The maximum atomic E-state index is 12.9. The second-order valence-electron chi connectivity index (χ2n) is 7.23. The van der Waals surface area contributed by atoms with Gasteiger partial charge in [0.25, 0.3) is 5.69 Å². The molecular weight excluding hydrogens is 403 g/mol. The Hall–Kier alpha value is -3.30. The largest absolute Gasteiger partial charge is 0.506 e. The molecule has 0 spiro atoms. The number of nitro benzene ring substituents is 1. The maximum absolute atomic E-state index is 12.9. The lowest BCUT2D eigenvalue weighted by Gasteiger charge is -2.32. The van der Waals surface area contributed by atoms with Crippen LogP contribution >= 0.6 is 0 Å². The van der Waals surface area contributed by atoms with E-state index in [0.29, 0.717) is 24.6 Å². The first kappa shape index (κ1) is 21.4. The SMILES string of the molecule is Cc1ccc(NC(=O)C2CCN(c3ccc(C(F)(F)F)cc3[N+](=O)[O-])CC2)c(O)c1. The van der Waals surface area contributed by atoms with Crippen LogP contribution in [-0.2, 0) is 11.0 Å². The van der Waals surface area contributed by atoms with Crippen molar-refractivity contribution >= 4 is 23.0 Å². The molecule has 2 aromatic rings. The lowest BCUT2D eigenvalue weighted by atomic mass is 9.95. The van der Waals surface area contributed by atoms with Gasteiger partial charge in [-0.1, -0.05) is 6.07 Å². The van der Waals surface area contributed by atoms with Crippen LogP contribution in [0.5, 0.6) is 5.75 Å². The van der Waals surface area contributed by atoms with Crippen molar-refractivity contribution in [1.29, 1.82) is 0 Å². The van der Waals surface area contributed by atoms with E-state index in [2.05, 4.69) is 5.32 Å². The number of alkyl halides is 3. The molecule has 3 rings (SSSR count). The molecule has 1 aliphatic heterocycles. The van der Waals surface area contributed by atoms with Gasteiger partial charge in [0, 0.05) is 25.1 Å². The molecule has 1 saturated heterocycles. The minimum Gasteiger partial charge on any atom is -0.506 e. The second-order valence-corrected chi connectivity index (χ2v) is 7.23. The van der Waals surface area contributed by atoms with Crippen LogP contribution in [0.15, 0.2) is 36.4 Å². The van der Waals surface area contributed by atoms with E-state index in [9.17, 15) is 33.2 Å². The third-order valence-corrected chi connectivity index (χ3v) is 5.12. The number of nitrogens with one attached hydrogen (secondary N) is 1. The Morgan fingerprint density at radius 1 is 1.20 bits per heavy atom. The van der Waals surface area contributed by atoms with E-state index < -0.39 is 22.4 Å². The van der Waals surface area contributed by atoms with Gasteiger partial charge in [-0.15, -0.1) is 0 Å². The predicted octanol–water partition coefficient (Wildman–Crippen LogP) is 4.48. The first-order valence-corrected chi connectivity index (χ1v) is 9.27. The number of piperidine rings is 1. The van der Waals surface area contributed by atoms with E-state index in [1.807, 2.05) is 6.92 Å². The van der Waals surface area contributed by atoms with Gasteiger partial charge in [-0.3, -0.25) is 14.9 Å². The number of hydrogen-bond acceptors (Lipinski definition) is 5. The molecule has 2 N–H and O–H groups in total. The number of benzene rings is 2. The Balaban J connectivity index is 1.69. The molecule has 0 atom stereocenters. The molecule has 1 aliphatic rings. The minimum atomic E-state index is -4.67. The molecule has 0 bridgehead atoms. The molecule has 7 nitrogen and oxygen atoms in total. The van der Waals surface area contributed by atoms with Gasteiger partial charge in [-0.2, -0.15) is 13.2 Å². The van der Waals surface area contributed by atoms with E-state index in [1.54, 1.807) is 17.0 Å². The Morgan fingerprint density at radius 2 is 1.87 bits per heavy atom. The topological polar surface area (TPSA) is 95.7 Å². The second kappa shape index (κ2) is 8.21. The molecule has 0 saturated carbocycles. The molecule has 0 aliphatic carbocycles. The first-order valence-electron chi connectivity index (χ1n) is 9.27. The van der Waals surface area contributed by atoms with Crippen LogP contribution in [-0.4, -0.2) is 29.0 Å². The predicted molar refractivity (Wildman–Crippen MR) is 105 cm³/mol. The van der Waals surface area contributed by atoms with Crippen molar-refractivity contribution in [1.82, 2.24) is 0 Å². The summed E-state index contributed by atoms with van der Waals surface area (Å²) in [5, 5.41) is 23.9. The number of aryl methyl sites for hydroxylation is 1. The summed E-state index contributed by atoms with van der Waals surface area (Å²) < 4.78 is 38.6. The standard InChI is InChI=1S/C20H20F3N3O4/c1-12-2-4-15(18(27)10-12)24-19(28)13-6-8-25(9-7-13)16-5-3-14(20(21,22)23)11-17(16)26(29)30/h2-5,10-11,13,27H,6-9H2,1H3,(H,24,28). The van der Waals surface area contributed by atoms with Gasteiger partial charge in [0.1, 0.15) is 11.4 Å². The van der Waals surface area contributed by atoms with Crippen molar-refractivity contribution < 1.29 is 28.0 Å². The summed E-state index contributed by atoms with van der Waals surface area (Å²) in [6.07, 6.45) is -3.93. The molecule has 0 unspecified atom stereocenters. The van der Waals surface area contributed by atoms with Crippen LogP contribution in [0.3, 0.4) is 0 Å². The summed E-state index contributed by atoms with van der Waals surface area (Å²) in [4.78, 5) is 24.6. The fourth-order valence-electron chi connectivity index (χ4n) is 3.48. The van der Waals surface area contributed by atoms with Crippen molar-refractivity contribution in [2.75, 3.05) is 23.3 Å². The fourth-order valence-corrected chi connectivity index (χ4v) is 3.48. The highest BCUT2D eigenvalue weighted by Crippen LogP contribution is 2.38. The van der Waals surface area contributed by atoms with Crippen molar-refractivity contribution in [3.63, 3.8) is 0 Å². The van der Waals surface area contributed by atoms with Crippen LogP contribution in [0.2, 0.25) is 0 Å². The molecule has 2 aromatic carbocycles. The Bertz CT molecular complexity index is 970. The van der Waals surface area contributed by atoms with Gasteiger partial charge in [-0.25, -0.2) is 0 Å². The van der Waals surface area contributed by atoms with Crippen LogP contribution in [0.1, 0.15) is 24.0 Å². The molecule has 0 aromatic heterocycles. The van der Waals surface area contributed by atoms with Crippen molar-refractivity contribution in [3.05, 3.63) is 57.6 Å². The lowest BCUT2D eigenvalue weighted by Crippen LogP contribution is -2.38. The zero-order chi connectivity index (χ0) is 22.1. The summed E-state index contributed by atoms with van der Waals surface area (Å²) >= 11 is 0. The van der Waals surface area contributed by atoms with E-state index in [4.69, 9.17) is 0 Å². The smallest absolute Gasteiger partial charge is 0.416 e. The molecule has 160 valence electrons. The number of anilines is 2. The van der Waals surface area contributed by atoms with Crippen LogP contribution < -0.4 is 10.2 Å². The molecule has 0 radical (unpaired) electrons. The monoisotopic (exact) mass is 423 g/mol. The van der Waals surface area contributed by atoms with E-state index in [-0.39, 0.29) is 36.4 Å². The number of carbonyl (C=O) groups is 1. The zero-order valence-corrected chi connectivity index (χ0v) is 16.1. The minimum absolute atomic E-state index is 0.0406. The number of phenolic OH excluding ortho intramolecular Hbond substituents is 1. The Kier molecular flexibility index (Phi) is 5.86. The number of rotatable bonds is 4. The highest BCUT2D eigenvalue weighted by molar-refractivity contribution is 5.94. The van der Waals surface area contributed by atoms with Crippen LogP contribution in [0, 0.1) is 23.0 Å². The average Bonchev–Trinajstić information content (AvgIpc) is 2.69. The zero-order valence-electron chi connectivity index (χ0n) is 16.1. The summed E-state index contributed by atoms with van der Waals surface area (Å²) in [5.74, 6) is -0.702. The highest BCUT2D eigenvalue weighted by atomic mass is 19.4. The summed E-state index contributed by atoms with van der Waals surface area (Å²) in [5.41, 5.74) is -0.450. The molecule has 30 heavy (non-hydrogen) atoms. The fraction of sp³-hybridized carbons (Fsp3) is 0.350. The van der Waals surface area contributed by atoms with Gasteiger partial charge < -0.3 is 15.3 Å². The van der Waals surface area contributed by atoms with E-state index in [1.165, 1.54) is 6.07 Å². The summed E-state index contributed by atoms with van der Waals surface area (Å²) in [6.45, 7) is 2.37. The quantitative estimate of drug-likeness (QED) is 0.429. The van der Waals surface area contributed by atoms with Crippen molar-refractivity contribution in [2.24, 2.45) is 5.92 Å². The first-order chi connectivity index (χ1) is 14.1. The molecule has 1 heterocycles. The number of hydrogen-bond donors (Lipinski definition) is 2. The summed E-state index contributed by atoms with van der Waals surface area (Å²) in [7, 11) is 0. The third kappa shape index (κ3) is 4.64. The maximum Gasteiger partial charge on any atom is 0.416 e. The number of halogens is 3. The van der Waals surface area contributed by atoms with Gasteiger partial charge >= 0.3 is 6.18 Å².